The molecule has 0 spiro atoms. The molecule has 2 aromatic heterocycles. The molecule has 0 saturated heterocycles. The second-order valence-electron chi connectivity index (χ2n) is 5.87. The van der Waals surface area contributed by atoms with E-state index in [2.05, 4.69) is 59.8 Å². The topological polar surface area (TPSA) is 103 Å². The van der Waals surface area contributed by atoms with Gasteiger partial charge in [0.25, 0.3) is 0 Å². The zero-order chi connectivity index (χ0) is 19.5. The Kier molecular flexibility index (Phi) is 9.56. The molecule has 0 bridgehead atoms. The number of carboxylic acids is 2. The maximum absolute atomic E-state index is 9.04. The smallest absolute Gasteiger partial charge is 0.351 e. The fourth-order valence-corrected chi connectivity index (χ4v) is 3.34. The number of carbonyl (C=O) groups is 2. The molecule has 7 nitrogen and oxygen atoms in total. The monoisotopic (exact) mass is 398 g/mol. The average Bonchev–Trinajstić information content (AvgIpc) is 3.25. The van der Waals surface area contributed by atoms with Crippen molar-refractivity contribution in [3.63, 3.8) is 0 Å². The van der Waals surface area contributed by atoms with E-state index in [0.717, 1.165) is 23.4 Å². The third-order valence-corrected chi connectivity index (χ3v) is 4.40. The van der Waals surface area contributed by atoms with Crippen molar-refractivity contribution in [3.05, 3.63) is 44.8 Å². The number of quaternary nitrogens is 1. The summed E-state index contributed by atoms with van der Waals surface area (Å²) in [6.45, 7) is 3.93. The van der Waals surface area contributed by atoms with Crippen LogP contribution in [0.4, 0.5) is 0 Å². The first kappa shape index (κ1) is 21.8. The molecule has 2 aromatic rings. The summed E-state index contributed by atoms with van der Waals surface area (Å²) in [7, 11) is 4.31. The number of nitrogens with one attached hydrogen (secondary N) is 1. The van der Waals surface area contributed by atoms with E-state index in [1.54, 1.807) is 22.7 Å². The molecule has 0 aliphatic carbocycles. The van der Waals surface area contributed by atoms with Gasteiger partial charge >= 0.3 is 5.97 Å². The number of thiophene rings is 2. The molecule has 142 valence electrons. The highest BCUT2D eigenvalue weighted by Gasteiger charge is 2.11. The van der Waals surface area contributed by atoms with Crippen LogP contribution in [-0.2, 0) is 14.4 Å². The van der Waals surface area contributed by atoms with Gasteiger partial charge in [0, 0.05) is 27.8 Å². The maximum Gasteiger partial charge on any atom is 0.351 e. The Morgan fingerprint density at radius 2 is 1.73 bits per heavy atom. The highest BCUT2D eigenvalue weighted by atomic mass is 32.1. The van der Waals surface area contributed by atoms with E-state index in [0.29, 0.717) is 12.5 Å². The van der Waals surface area contributed by atoms with Crippen molar-refractivity contribution in [2.45, 2.75) is 6.92 Å². The van der Waals surface area contributed by atoms with Crippen LogP contribution in [0, 0.1) is 5.92 Å². The molecule has 0 amide bonds. The van der Waals surface area contributed by atoms with Gasteiger partial charge in [-0.25, -0.2) is 4.79 Å². The standard InChI is InChI=1S/C15H20N2OS2.C2H2O4/c1-12(8-17(2)3)9-18-16-15(13-4-6-19-10-13)14-5-7-20-11-14;3-1(4)2(5)6/h4-7,10-12H,8-9H2,1-3H3;(H,3,4)(H,5,6). The maximum atomic E-state index is 9.04. The van der Waals surface area contributed by atoms with Gasteiger partial charge in [0.1, 0.15) is 12.3 Å². The van der Waals surface area contributed by atoms with E-state index in [1.807, 2.05) is 0 Å². The van der Waals surface area contributed by atoms with Gasteiger partial charge in [-0.2, -0.15) is 22.7 Å². The second kappa shape index (κ2) is 11.4. The van der Waals surface area contributed by atoms with Crippen LogP contribution in [0.5, 0.6) is 0 Å². The molecule has 0 aliphatic heterocycles. The van der Waals surface area contributed by atoms with E-state index < -0.39 is 11.9 Å². The predicted molar refractivity (Wildman–Crippen MR) is 99.7 cm³/mol. The Balaban J connectivity index is 0.000000487. The Morgan fingerprint density at radius 3 is 2.08 bits per heavy atom. The van der Waals surface area contributed by atoms with Crippen LogP contribution >= 0.6 is 22.7 Å². The van der Waals surface area contributed by atoms with Gasteiger partial charge < -0.3 is 24.7 Å². The van der Waals surface area contributed by atoms with Crippen molar-refractivity contribution >= 4 is 40.3 Å². The summed E-state index contributed by atoms with van der Waals surface area (Å²) in [5.41, 5.74) is 3.18. The molecule has 1 unspecified atom stereocenters. The highest BCUT2D eigenvalue weighted by molar-refractivity contribution is 7.08. The van der Waals surface area contributed by atoms with Gasteiger partial charge in [0.15, 0.2) is 5.97 Å². The van der Waals surface area contributed by atoms with Gasteiger partial charge in [-0.1, -0.05) is 12.1 Å². The van der Waals surface area contributed by atoms with Crippen molar-refractivity contribution < 1.29 is 29.5 Å². The van der Waals surface area contributed by atoms with Crippen LogP contribution in [0.15, 0.2) is 38.8 Å². The first-order valence-corrected chi connectivity index (χ1v) is 9.68. The van der Waals surface area contributed by atoms with Crippen molar-refractivity contribution in [2.24, 2.45) is 11.1 Å². The predicted octanol–water partition coefficient (Wildman–Crippen LogP) is 0.180. The van der Waals surface area contributed by atoms with Gasteiger partial charge in [0.2, 0.25) is 0 Å². The minimum absolute atomic E-state index is 0.495. The van der Waals surface area contributed by atoms with E-state index in [9.17, 15) is 0 Å². The molecule has 2 N–H and O–H groups in total. The van der Waals surface area contributed by atoms with E-state index >= 15 is 0 Å². The number of hydrogen-bond donors (Lipinski definition) is 2. The number of oxime groups is 1. The quantitative estimate of drug-likeness (QED) is 0.393. The summed E-state index contributed by atoms with van der Waals surface area (Å²) in [5.74, 6) is -3.51. The van der Waals surface area contributed by atoms with Crippen LogP contribution in [-0.4, -0.2) is 50.0 Å². The van der Waals surface area contributed by atoms with Crippen LogP contribution in [0.2, 0.25) is 0 Å². The van der Waals surface area contributed by atoms with E-state index in [1.165, 1.54) is 4.90 Å². The van der Waals surface area contributed by atoms with Gasteiger partial charge in [-0.3, -0.25) is 0 Å². The zero-order valence-electron chi connectivity index (χ0n) is 14.8. The molecular weight excluding hydrogens is 376 g/mol. The molecule has 0 aromatic carbocycles. The van der Waals surface area contributed by atoms with Gasteiger partial charge in [0.05, 0.1) is 20.6 Å². The lowest BCUT2D eigenvalue weighted by molar-refractivity contribution is -0.861. The molecule has 1 atom stereocenters. The summed E-state index contributed by atoms with van der Waals surface area (Å²) >= 11 is 3.35. The number of carboxylic acid groups (broad SMARTS) is 2. The van der Waals surface area contributed by atoms with Crippen LogP contribution in [0.25, 0.3) is 0 Å². The zero-order valence-corrected chi connectivity index (χ0v) is 16.4. The SMILES string of the molecule is CC(CON=C(c1ccsc1)c1ccsc1)C[NH+](C)C.O=C([O-])C(=O)O. The first-order chi connectivity index (χ1) is 12.3. The Bertz CT molecular complexity index is 649. The number of aliphatic carboxylic acids is 2. The number of carbonyl (C=O) groups excluding carboxylic acids is 1. The molecular formula is C17H22N2O5S2. The third-order valence-electron chi connectivity index (χ3n) is 3.04. The largest absolute Gasteiger partial charge is 0.539 e. The highest BCUT2D eigenvalue weighted by Crippen LogP contribution is 2.17. The van der Waals surface area contributed by atoms with Crippen molar-refractivity contribution in [3.8, 4) is 0 Å². The fourth-order valence-electron chi connectivity index (χ4n) is 2.06. The molecule has 0 saturated carbocycles. The third kappa shape index (κ3) is 8.24. The summed E-state index contributed by atoms with van der Waals surface area (Å²) in [4.78, 5) is 25.0. The van der Waals surface area contributed by atoms with Crippen molar-refractivity contribution in [2.75, 3.05) is 27.2 Å². The minimum atomic E-state index is -2.07. The molecule has 0 aliphatic rings. The molecule has 0 radical (unpaired) electrons. The molecule has 2 rings (SSSR count). The fraction of sp³-hybridized carbons (Fsp3) is 0.353. The minimum Gasteiger partial charge on any atom is -0.539 e. The number of rotatable bonds is 7. The van der Waals surface area contributed by atoms with Crippen LogP contribution < -0.4 is 10.0 Å². The first-order valence-electron chi connectivity index (χ1n) is 7.79. The number of hydrogen-bond acceptors (Lipinski definition) is 7. The van der Waals surface area contributed by atoms with E-state index in [4.69, 9.17) is 24.6 Å². The Labute approximate surface area is 160 Å². The summed E-state index contributed by atoms with van der Waals surface area (Å²) < 4.78 is 0. The van der Waals surface area contributed by atoms with Gasteiger partial charge in [-0.15, -0.1) is 0 Å². The summed E-state index contributed by atoms with van der Waals surface area (Å²) in [6.07, 6.45) is 0. The Morgan fingerprint density at radius 1 is 1.23 bits per heavy atom. The van der Waals surface area contributed by atoms with Crippen molar-refractivity contribution in [1.29, 1.82) is 0 Å². The number of nitrogens with zero attached hydrogens (tertiary/aromatic N) is 1. The summed E-state index contributed by atoms with van der Waals surface area (Å²) in [5, 5.41) is 29.0. The van der Waals surface area contributed by atoms with Gasteiger partial charge in [-0.05, 0) is 22.9 Å². The van der Waals surface area contributed by atoms with Crippen LogP contribution in [0.3, 0.4) is 0 Å². The molecule has 0 fully saturated rings. The van der Waals surface area contributed by atoms with Crippen LogP contribution in [0.1, 0.15) is 18.1 Å². The second-order valence-corrected chi connectivity index (χ2v) is 7.43. The summed E-state index contributed by atoms with van der Waals surface area (Å²) in [6, 6.07) is 4.16. The van der Waals surface area contributed by atoms with Crippen molar-refractivity contribution in [1.82, 2.24) is 0 Å². The average molecular weight is 399 g/mol. The molecule has 26 heavy (non-hydrogen) atoms. The molecule has 2 heterocycles. The Hall–Kier alpha value is -2.23. The lowest BCUT2D eigenvalue weighted by Gasteiger charge is -2.13. The molecule has 9 heteroatoms. The lowest BCUT2D eigenvalue weighted by atomic mass is 10.1. The lowest BCUT2D eigenvalue weighted by Crippen LogP contribution is -3.06. The van der Waals surface area contributed by atoms with E-state index in [-0.39, 0.29) is 0 Å². The normalized spacial score (nSPS) is 11.2.